The number of rotatable bonds is 0. The molecule has 104 valence electrons. The van der Waals surface area contributed by atoms with Gasteiger partial charge in [-0.15, -0.1) is 0 Å². The van der Waals surface area contributed by atoms with Crippen molar-refractivity contribution in [3.05, 3.63) is 33.3 Å². The van der Waals surface area contributed by atoms with Gasteiger partial charge in [-0.2, -0.15) is 0 Å². The number of hydrogen-bond acceptors (Lipinski definition) is 3. The van der Waals surface area contributed by atoms with Gasteiger partial charge >= 0.3 is 0 Å². The zero-order valence-electron chi connectivity index (χ0n) is 11.1. The van der Waals surface area contributed by atoms with E-state index >= 15 is 0 Å². The highest BCUT2D eigenvalue weighted by Gasteiger charge is 2.39. The molecular weight excluding hydrogens is 297 g/mol. The van der Waals surface area contributed by atoms with Crippen LogP contribution in [0.15, 0.2) is 17.1 Å². The summed E-state index contributed by atoms with van der Waals surface area (Å²) in [5.74, 6) is 0.522. The molecule has 1 aromatic carbocycles. The van der Waals surface area contributed by atoms with E-state index in [4.69, 9.17) is 28.6 Å². The van der Waals surface area contributed by atoms with E-state index in [2.05, 4.69) is 4.99 Å². The van der Waals surface area contributed by atoms with Crippen LogP contribution in [0, 0.1) is 5.41 Å². The molecule has 0 fully saturated rings. The number of benzene rings is 1. The summed E-state index contributed by atoms with van der Waals surface area (Å²) >= 11 is 11.9. The van der Waals surface area contributed by atoms with E-state index in [0.29, 0.717) is 33.4 Å². The van der Waals surface area contributed by atoms with Crippen molar-refractivity contribution < 1.29 is 4.79 Å². The van der Waals surface area contributed by atoms with Crippen molar-refractivity contribution in [1.29, 1.82) is 5.41 Å². The lowest BCUT2D eigenvalue weighted by molar-refractivity contribution is 0.0912. The molecule has 1 amide bonds. The summed E-state index contributed by atoms with van der Waals surface area (Å²) < 4.78 is 0. The van der Waals surface area contributed by atoms with Crippen molar-refractivity contribution in [2.75, 3.05) is 0 Å². The second-order valence-electron chi connectivity index (χ2n) is 5.64. The quantitative estimate of drug-likeness (QED) is 0.779. The minimum Gasteiger partial charge on any atom is -0.283 e. The number of nitrogens with one attached hydrogen (secondary N) is 1. The molecule has 2 aliphatic heterocycles. The molecule has 0 aliphatic carbocycles. The van der Waals surface area contributed by atoms with Gasteiger partial charge in [0.1, 0.15) is 11.7 Å². The van der Waals surface area contributed by atoms with Gasteiger partial charge in [-0.1, -0.05) is 23.2 Å². The standard InChI is InChI=1S/C14H13Cl2N3O/c1-14(2)4-3-11(18-14)19-12(17)7-5-9(15)10(16)6-8(7)13(19)20/h5-6,17H,3-4H2,1-2H3. The average Bonchev–Trinajstić information content (AvgIpc) is 2.81. The fourth-order valence-corrected chi connectivity index (χ4v) is 2.88. The Balaban J connectivity index is 2.07. The molecule has 3 rings (SSSR count). The summed E-state index contributed by atoms with van der Waals surface area (Å²) in [7, 11) is 0. The van der Waals surface area contributed by atoms with Gasteiger partial charge in [-0.3, -0.25) is 15.2 Å². The number of carbonyl (C=O) groups excluding carboxylic acids is 1. The third-order valence-corrected chi connectivity index (χ3v) is 4.35. The maximum Gasteiger partial charge on any atom is 0.265 e. The smallest absolute Gasteiger partial charge is 0.265 e. The molecule has 6 heteroatoms. The first-order valence-corrected chi connectivity index (χ1v) is 7.07. The van der Waals surface area contributed by atoms with Crippen LogP contribution in [0.25, 0.3) is 0 Å². The monoisotopic (exact) mass is 309 g/mol. The summed E-state index contributed by atoms with van der Waals surface area (Å²) in [6, 6.07) is 3.09. The first-order valence-electron chi connectivity index (χ1n) is 6.31. The Labute approximate surface area is 126 Å². The summed E-state index contributed by atoms with van der Waals surface area (Å²) in [6.07, 6.45) is 1.56. The summed E-state index contributed by atoms with van der Waals surface area (Å²) in [6.45, 7) is 4.04. The molecule has 0 atom stereocenters. The predicted octanol–water partition coefficient (Wildman–Crippen LogP) is 3.75. The lowest BCUT2D eigenvalue weighted by atomic mass is 10.0. The van der Waals surface area contributed by atoms with Gasteiger partial charge in [0.2, 0.25) is 0 Å². The molecule has 0 spiro atoms. The molecule has 0 saturated heterocycles. The van der Waals surface area contributed by atoms with Gasteiger partial charge in [0, 0.05) is 12.0 Å². The van der Waals surface area contributed by atoms with E-state index in [1.165, 1.54) is 11.0 Å². The Bertz CT molecular complexity index is 638. The van der Waals surface area contributed by atoms with E-state index in [0.717, 1.165) is 6.42 Å². The number of fused-ring (bicyclic) bond motifs is 1. The highest BCUT2D eigenvalue weighted by atomic mass is 35.5. The number of hydrogen-bond donors (Lipinski definition) is 1. The fraction of sp³-hybridized carbons (Fsp3) is 0.357. The molecule has 20 heavy (non-hydrogen) atoms. The van der Waals surface area contributed by atoms with E-state index in [9.17, 15) is 4.79 Å². The molecular formula is C14H13Cl2N3O. The van der Waals surface area contributed by atoms with E-state index in [-0.39, 0.29) is 17.3 Å². The highest BCUT2D eigenvalue weighted by molar-refractivity contribution is 6.43. The van der Waals surface area contributed by atoms with Crippen molar-refractivity contribution in [2.45, 2.75) is 32.2 Å². The van der Waals surface area contributed by atoms with Crippen molar-refractivity contribution in [3.8, 4) is 0 Å². The minimum atomic E-state index is -0.250. The second kappa shape index (κ2) is 4.30. The molecule has 0 radical (unpaired) electrons. The van der Waals surface area contributed by atoms with Gasteiger partial charge in [0.25, 0.3) is 5.91 Å². The zero-order chi connectivity index (χ0) is 14.7. The van der Waals surface area contributed by atoms with Gasteiger partial charge in [0.05, 0.1) is 21.1 Å². The van der Waals surface area contributed by atoms with Gasteiger partial charge in [-0.25, -0.2) is 4.90 Å². The Hall–Kier alpha value is -1.39. The normalized spacial score (nSPS) is 20.4. The molecule has 2 aliphatic rings. The number of aliphatic imine (C=N–C) groups is 1. The average molecular weight is 310 g/mol. The van der Waals surface area contributed by atoms with Gasteiger partial charge < -0.3 is 0 Å². The third kappa shape index (κ3) is 1.95. The van der Waals surface area contributed by atoms with Crippen LogP contribution in [0.4, 0.5) is 0 Å². The second-order valence-corrected chi connectivity index (χ2v) is 6.46. The van der Waals surface area contributed by atoms with Crippen LogP contribution in [-0.2, 0) is 0 Å². The summed E-state index contributed by atoms with van der Waals surface area (Å²) in [5.41, 5.74) is 0.744. The lowest BCUT2D eigenvalue weighted by Gasteiger charge is -2.16. The number of amides is 1. The number of carbonyl (C=O) groups is 1. The topological polar surface area (TPSA) is 56.5 Å². The van der Waals surface area contributed by atoms with E-state index < -0.39 is 0 Å². The molecule has 0 aromatic heterocycles. The van der Waals surface area contributed by atoms with Crippen LogP contribution in [0.5, 0.6) is 0 Å². The molecule has 1 aromatic rings. The highest BCUT2D eigenvalue weighted by Crippen LogP contribution is 2.34. The van der Waals surface area contributed by atoms with Crippen molar-refractivity contribution in [2.24, 2.45) is 4.99 Å². The van der Waals surface area contributed by atoms with Crippen LogP contribution >= 0.6 is 23.2 Å². The lowest BCUT2D eigenvalue weighted by Crippen LogP contribution is -2.35. The maximum atomic E-state index is 12.5. The third-order valence-electron chi connectivity index (χ3n) is 3.62. The number of nitrogens with zero attached hydrogens (tertiary/aromatic N) is 2. The summed E-state index contributed by atoms with van der Waals surface area (Å²) in [4.78, 5) is 18.4. The van der Waals surface area contributed by atoms with Crippen LogP contribution in [0.2, 0.25) is 10.0 Å². The van der Waals surface area contributed by atoms with Gasteiger partial charge in [0.15, 0.2) is 0 Å². The molecule has 0 saturated carbocycles. The molecule has 4 nitrogen and oxygen atoms in total. The Kier molecular flexibility index (Phi) is 2.92. The van der Waals surface area contributed by atoms with Crippen molar-refractivity contribution in [1.82, 2.24) is 4.90 Å². The van der Waals surface area contributed by atoms with Crippen molar-refractivity contribution in [3.63, 3.8) is 0 Å². The Morgan fingerprint density at radius 3 is 2.40 bits per heavy atom. The van der Waals surface area contributed by atoms with Crippen LogP contribution < -0.4 is 0 Å². The molecule has 2 heterocycles. The van der Waals surface area contributed by atoms with Crippen LogP contribution in [-0.4, -0.2) is 28.0 Å². The molecule has 1 N–H and O–H groups in total. The minimum absolute atomic E-state index is 0.125. The zero-order valence-corrected chi connectivity index (χ0v) is 12.6. The molecule has 0 bridgehead atoms. The predicted molar refractivity (Wildman–Crippen MR) is 80.2 cm³/mol. The van der Waals surface area contributed by atoms with E-state index in [1.54, 1.807) is 6.07 Å². The Morgan fingerprint density at radius 2 is 1.85 bits per heavy atom. The van der Waals surface area contributed by atoms with Crippen LogP contribution in [0.3, 0.4) is 0 Å². The Morgan fingerprint density at radius 1 is 1.25 bits per heavy atom. The first kappa shape index (κ1) is 13.6. The van der Waals surface area contributed by atoms with Gasteiger partial charge in [-0.05, 0) is 32.4 Å². The number of halogens is 2. The van der Waals surface area contributed by atoms with Crippen molar-refractivity contribution >= 4 is 40.8 Å². The van der Waals surface area contributed by atoms with Crippen LogP contribution in [0.1, 0.15) is 42.6 Å². The summed E-state index contributed by atoms with van der Waals surface area (Å²) in [5, 5.41) is 8.87. The molecule has 0 unspecified atom stereocenters. The largest absolute Gasteiger partial charge is 0.283 e. The number of amidine groups is 2. The SMILES string of the molecule is CC1(C)CCC(N2C(=N)c3cc(Cl)c(Cl)cc3C2=O)=N1. The fourth-order valence-electron chi connectivity index (χ4n) is 2.55. The maximum absolute atomic E-state index is 12.5. The first-order chi connectivity index (χ1) is 9.30. The van der Waals surface area contributed by atoms with E-state index in [1.807, 2.05) is 13.8 Å².